The fourth-order valence-corrected chi connectivity index (χ4v) is 2.91. The van der Waals surface area contributed by atoms with Crippen molar-refractivity contribution in [1.29, 1.82) is 0 Å². The summed E-state index contributed by atoms with van der Waals surface area (Å²) in [5.74, 6) is -1.95. The van der Waals surface area contributed by atoms with Crippen LogP contribution in [0.2, 0.25) is 0 Å². The van der Waals surface area contributed by atoms with Crippen molar-refractivity contribution in [2.75, 3.05) is 6.61 Å². The van der Waals surface area contributed by atoms with Gasteiger partial charge in [0.15, 0.2) is 12.4 Å². The number of hydrogen-bond acceptors (Lipinski definition) is 5. The van der Waals surface area contributed by atoms with E-state index in [9.17, 15) is 19.2 Å². The number of aryl methyl sites for hydroxylation is 1. The predicted molar refractivity (Wildman–Crippen MR) is 118 cm³/mol. The molecule has 3 aromatic carbocycles. The summed E-state index contributed by atoms with van der Waals surface area (Å²) in [6.45, 7) is 1.49. The van der Waals surface area contributed by atoms with Crippen LogP contribution in [0.15, 0.2) is 78.9 Å². The summed E-state index contributed by atoms with van der Waals surface area (Å²) < 4.78 is 5.02. The van der Waals surface area contributed by atoms with Crippen molar-refractivity contribution in [2.24, 2.45) is 0 Å². The number of carbonyl (C=O) groups is 4. The van der Waals surface area contributed by atoms with Crippen LogP contribution in [0.5, 0.6) is 0 Å². The van der Waals surface area contributed by atoms with Gasteiger partial charge in [0.25, 0.3) is 5.91 Å². The molecule has 0 bridgehead atoms. The lowest BCUT2D eigenvalue weighted by Gasteiger charge is -2.10. The molecular formula is C25H22N2O5. The highest BCUT2D eigenvalue weighted by molar-refractivity contribution is 6.14. The highest BCUT2D eigenvalue weighted by Gasteiger charge is 2.20. The Labute approximate surface area is 185 Å². The second-order valence-electron chi connectivity index (χ2n) is 7.03. The number of benzene rings is 3. The van der Waals surface area contributed by atoms with E-state index in [-0.39, 0.29) is 23.5 Å². The molecule has 0 fully saturated rings. The normalized spacial score (nSPS) is 10.2. The van der Waals surface area contributed by atoms with Crippen molar-refractivity contribution in [3.8, 4) is 0 Å². The van der Waals surface area contributed by atoms with Gasteiger partial charge in [-0.05, 0) is 18.6 Å². The van der Waals surface area contributed by atoms with Crippen LogP contribution in [0.1, 0.15) is 37.4 Å². The molecule has 0 atom stereocenters. The first kappa shape index (κ1) is 22.4. The SMILES string of the molecule is Cc1ccc(C(=O)c2ccccc2C(=O)OCC(=O)NC(=O)NCc2ccccc2)cc1. The molecule has 0 aromatic heterocycles. The van der Waals surface area contributed by atoms with Crippen LogP contribution in [0, 0.1) is 6.92 Å². The summed E-state index contributed by atoms with van der Waals surface area (Å²) in [6.07, 6.45) is 0. The van der Waals surface area contributed by atoms with E-state index in [2.05, 4.69) is 10.6 Å². The van der Waals surface area contributed by atoms with Crippen molar-refractivity contribution < 1.29 is 23.9 Å². The van der Waals surface area contributed by atoms with Gasteiger partial charge in [-0.25, -0.2) is 9.59 Å². The van der Waals surface area contributed by atoms with Gasteiger partial charge in [-0.15, -0.1) is 0 Å². The van der Waals surface area contributed by atoms with Crippen molar-refractivity contribution in [3.63, 3.8) is 0 Å². The molecule has 0 aliphatic rings. The Balaban J connectivity index is 1.55. The molecular weight excluding hydrogens is 408 g/mol. The van der Waals surface area contributed by atoms with Crippen molar-refractivity contribution in [2.45, 2.75) is 13.5 Å². The highest BCUT2D eigenvalue weighted by Crippen LogP contribution is 2.16. The molecule has 3 aromatic rings. The summed E-state index contributed by atoms with van der Waals surface area (Å²) in [5, 5.41) is 4.63. The standard InChI is InChI=1S/C25H22N2O5/c1-17-11-13-19(14-12-17)23(29)20-9-5-6-10-21(20)24(30)32-16-22(28)27-25(31)26-15-18-7-3-2-4-8-18/h2-14H,15-16H2,1H3,(H2,26,27,28,31). The largest absolute Gasteiger partial charge is 0.452 e. The van der Waals surface area contributed by atoms with Gasteiger partial charge in [0.2, 0.25) is 0 Å². The Morgan fingerprint density at radius 2 is 1.41 bits per heavy atom. The fraction of sp³-hybridized carbons (Fsp3) is 0.120. The third kappa shape index (κ3) is 6.12. The van der Waals surface area contributed by atoms with E-state index in [0.717, 1.165) is 11.1 Å². The van der Waals surface area contributed by atoms with Crippen LogP contribution in [-0.2, 0) is 16.1 Å². The monoisotopic (exact) mass is 430 g/mol. The Morgan fingerprint density at radius 3 is 2.09 bits per heavy atom. The van der Waals surface area contributed by atoms with Crippen molar-refractivity contribution in [1.82, 2.24) is 10.6 Å². The molecule has 0 saturated heterocycles. The zero-order valence-electron chi connectivity index (χ0n) is 17.5. The zero-order chi connectivity index (χ0) is 22.9. The van der Waals surface area contributed by atoms with E-state index in [1.165, 1.54) is 12.1 Å². The molecule has 3 rings (SSSR count). The maximum Gasteiger partial charge on any atom is 0.339 e. The van der Waals surface area contributed by atoms with Crippen molar-refractivity contribution in [3.05, 3.63) is 107 Å². The van der Waals surface area contributed by atoms with Crippen LogP contribution in [0.25, 0.3) is 0 Å². The Bertz CT molecular complexity index is 1120. The van der Waals surface area contributed by atoms with E-state index in [4.69, 9.17) is 4.74 Å². The molecule has 0 radical (unpaired) electrons. The van der Waals surface area contributed by atoms with Crippen LogP contribution >= 0.6 is 0 Å². The van der Waals surface area contributed by atoms with Gasteiger partial charge in [-0.3, -0.25) is 14.9 Å². The number of imide groups is 1. The zero-order valence-corrected chi connectivity index (χ0v) is 17.5. The molecule has 0 heterocycles. The molecule has 3 amide bonds. The summed E-state index contributed by atoms with van der Waals surface area (Å²) in [5.41, 5.74) is 2.52. The molecule has 0 spiro atoms. The first-order valence-corrected chi connectivity index (χ1v) is 9.93. The number of hydrogen-bond donors (Lipinski definition) is 2. The maximum absolute atomic E-state index is 12.8. The number of ether oxygens (including phenoxy) is 1. The lowest BCUT2D eigenvalue weighted by Crippen LogP contribution is -2.41. The summed E-state index contributed by atoms with van der Waals surface area (Å²) >= 11 is 0. The minimum Gasteiger partial charge on any atom is -0.452 e. The molecule has 2 N–H and O–H groups in total. The van der Waals surface area contributed by atoms with Gasteiger partial charge in [0.05, 0.1) is 5.56 Å². The molecule has 0 saturated carbocycles. The Kier molecular flexibility index (Phi) is 7.48. The predicted octanol–water partition coefficient (Wildman–Crippen LogP) is 3.41. The smallest absolute Gasteiger partial charge is 0.339 e. The van der Waals surface area contributed by atoms with Gasteiger partial charge in [0, 0.05) is 17.7 Å². The van der Waals surface area contributed by atoms with E-state index in [1.807, 2.05) is 37.3 Å². The average molecular weight is 430 g/mol. The Hall–Kier alpha value is -4.26. The highest BCUT2D eigenvalue weighted by atomic mass is 16.5. The van der Waals surface area contributed by atoms with Crippen molar-refractivity contribution >= 4 is 23.7 Å². The topological polar surface area (TPSA) is 102 Å². The van der Waals surface area contributed by atoms with Gasteiger partial charge >= 0.3 is 12.0 Å². The third-order valence-electron chi connectivity index (χ3n) is 4.59. The second-order valence-corrected chi connectivity index (χ2v) is 7.03. The lowest BCUT2D eigenvalue weighted by molar-refractivity contribution is -0.123. The van der Waals surface area contributed by atoms with Gasteiger partial charge in [-0.1, -0.05) is 78.4 Å². The molecule has 7 nitrogen and oxygen atoms in total. The number of nitrogens with one attached hydrogen (secondary N) is 2. The number of esters is 1. The average Bonchev–Trinajstić information content (AvgIpc) is 2.82. The summed E-state index contributed by atoms with van der Waals surface area (Å²) in [6, 6.07) is 21.7. The third-order valence-corrected chi connectivity index (χ3v) is 4.59. The van der Waals surface area contributed by atoms with Crippen LogP contribution in [0.3, 0.4) is 0 Å². The Morgan fingerprint density at radius 1 is 0.781 bits per heavy atom. The van der Waals surface area contributed by atoms with E-state index in [0.29, 0.717) is 5.56 Å². The molecule has 0 aliphatic carbocycles. The van der Waals surface area contributed by atoms with E-state index >= 15 is 0 Å². The first-order chi connectivity index (χ1) is 15.4. The second kappa shape index (κ2) is 10.7. The van der Waals surface area contributed by atoms with Crippen LogP contribution in [-0.4, -0.2) is 30.3 Å². The lowest BCUT2D eigenvalue weighted by atomic mass is 9.98. The minimum atomic E-state index is -0.832. The number of rotatable bonds is 7. The van der Waals surface area contributed by atoms with E-state index in [1.54, 1.807) is 36.4 Å². The summed E-state index contributed by atoms with van der Waals surface area (Å²) in [7, 11) is 0. The molecule has 32 heavy (non-hydrogen) atoms. The maximum atomic E-state index is 12.8. The van der Waals surface area contributed by atoms with Gasteiger partial charge in [-0.2, -0.15) is 0 Å². The van der Waals surface area contributed by atoms with Crippen LogP contribution in [0.4, 0.5) is 4.79 Å². The number of ketones is 1. The van der Waals surface area contributed by atoms with Gasteiger partial charge in [0.1, 0.15) is 0 Å². The van der Waals surface area contributed by atoms with E-state index < -0.39 is 24.5 Å². The molecule has 0 unspecified atom stereocenters. The van der Waals surface area contributed by atoms with Crippen LogP contribution < -0.4 is 10.6 Å². The number of urea groups is 1. The first-order valence-electron chi connectivity index (χ1n) is 9.93. The molecule has 162 valence electrons. The number of carbonyl (C=O) groups excluding carboxylic acids is 4. The molecule has 0 aliphatic heterocycles. The summed E-state index contributed by atoms with van der Waals surface area (Å²) in [4.78, 5) is 49.1. The number of amides is 3. The van der Waals surface area contributed by atoms with Gasteiger partial charge < -0.3 is 10.1 Å². The quantitative estimate of drug-likeness (QED) is 0.442. The molecule has 7 heteroatoms. The minimum absolute atomic E-state index is 0.0411. The fourth-order valence-electron chi connectivity index (χ4n) is 2.91.